The van der Waals surface area contributed by atoms with Crippen molar-refractivity contribution < 1.29 is 0 Å². The van der Waals surface area contributed by atoms with E-state index in [-0.39, 0.29) is 12.4 Å². The van der Waals surface area contributed by atoms with Crippen LogP contribution >= 0.6 is 35.3 Å². The number of anilines is 1. The summed E-state index contributed by atoms with van der Waals surface area (Å²) in [6.45, 7) is 2.71. The predicted octanol–water partition coefficient (Wildman–Crippen LogP) is 3.79. The van der Waals surface area contributed by atoms with Crippen molar-refractivity contribution in [1.29, 1.82) is 0 Å². The third kappa shape index (κ3) is 4.94. The van der Waals surface area contributed by atoms with Crippen LogP contribution in [-0.4, -0.2) is 37.1 Å². The van der Waals surface area contributed by atoms with E-state index in [1.807, 2.05) is 29.8 Å². The Bertz CT molecular complexity index is 502. The van der Waals surface area contributed by atoms with Crippen LogP contribution in [0.4, 0.5) is 5.82 Å². The summed E-state index contributed by atoms with van der Waals surface area (Å²) in [5.41, 5.74) is 1.16. The molecule has 110 valence electrons. The number of hydrogen-bond donors (Lipinski definition) is 0. The lowest BCUT2D eigenvalue weighted by Crippen LogP contribution is -2.31. The highest BCUT2D eigenvalue weighted by Crippen LogP contribution is 2.25. The first-order valence-corrected chi connectivity index (χ1v) is 7.45. The van der Waals surface area contributed by atoms with Crippen molar-refractivity contribution in [1.82, 2.24) is 9.88 Å². The molecule has 6 heteroatoms. The van der Waals surface area contributed by atoms with E-state index < -0.39 is 0 Å². The highest BCUT2D eigenvalue weighted by molar-refractivity contribution is 7.14. The third-order valence-corrected chi connectivity index (χ3v) is 4.10. The van der Waals surface area contributed by atoms with Gasteiger partial charge < -0.3 is 9.80 Å². The molecular formula is C14H19Cl2N3S. The smallest absolute Gasteiger partial charge is 0.128 e. The van der Waals surface area contributed by atoms with Crippen molar-refractivity contribution in [3.05, 3.63) is 45.7 Å². The fourth-order valence-electron chi connectivity index (χ4n) is 1.77. The van der Waals surface area contributed by atoms with Crippen LogP contribution < -0.4 is 4.90 Å². The number of aromatic nitrogens is 1. The number of rotatable bonds is 6. The summed E-state index contributed by atoms with van der Waals surface area (Å²) in [6.07, 6.45) is 1.83. The molecule has 0 bridgehead atoms. The maximum absolute atomic E-state index is 6.20. The zero-order valence-electron chi connectivity index (χ0n) is 11.6. The van der Waals surface area contributed by atoms with Crippen LogP contribution in [0.3, 0.4) is 0 Å². The summed E-state index contributed by atoms with van der Waals surface area (Å²) in [5, 5.41) is 2.03. The van der Waals surface area contributed by atoms with Crippen LogP contribution in [0.5, 0.6) is 0 Å². The number of hydrogen-bond acceptors (Lipinski definition) is 4. The Labute approximate surface area is 135 Å². The van der Waals surface area contributed by atoms with Gasteiger partial charge in [-0.1, -0.05) is 17.7 Å². The van der Waals surface area contributed by atoms with Crippen LogP contribution in [0.15, 0.2) is 35.8 Å². The second-order valence-corrected chi connectivity index (χ2v) is 6.15. The van der Waals surface area contributed by atoms with Crippen LogP contribution in [0, 0.1) is 0 Å². The van der Waals surface area contributed by atoms with E-state index in [1.165, 1.54) is 0 Å². The summed E-state index contributed by atoms with van der Waals surface area (Å²) >= 11 is 7.77. The highest BCUT2D eigenvalue weighted by Gasteiger charge is 2.11. The minimum Gasteiger partial charge on any atom is -0.351 e. The molecule has 0 saturated heterocycles. The maximum Gasteiger partial charge on any atom is 0.128 e. The van der Waals surface area contributed by atoms with Gasteiger partial charge in [-0.15, -0.1) is 23.7 Å². The molecule has 0 atom stereocenters. The molecule has 3 nitrogen and oxygen atoms in total. The van der Waals surface area contributed by atoms with E-state index in [1.54, 1.807) is 11.3 Å². The summed E-state index contributed by atoms with van der Waals surface area (Å²) in [5.74, 6) is 0.992. The van der Waals surface area contributed by atoms with E-state index in [4.69, 9.17) is 11.6 Å². The summed E-state index contributed by atoms with van der Waals surface area (Å²) in [6, 6.07) is 8.07. The molecule has 2 rings (SSSR count). The lowest BCUT2D eigenvalue weighted by Gasteiger charge is -2.25. The Hall–Kier alpha value is -0.810. The molecule has 2 aromatic rings. The van der Waals surface area contributed by atoms with Gasteiger partial charge in [-0.2, -0.15) is 0 Å². The van der Waals surface area contributed by atoms with Gasteiger partial charge in [0.2, 0.25) is 0 Å². The summed E-state index contributed by atoms with van der Waals surface area (Å²) in [4.78, 5) is 8.86. The molecular weight excluding hydrogens is 313 g/mol. The molecule has 2 aromatic heterocycles. The van der Waals surface area contributed by atoms with E-state index in [0.29, 0.717) is 0 Å². The summed E-state index contributed by atoms with van der Waals surface area (Å²) in [7, 11) is 4.16. The van der Waals surface area contributed by atoms with Crippen molar-refractivity contribution in [3.63, 3.8) is 0 Å². The largest absolute Gasteiger partial charge is 0.351 e. The molecule has 0 aliphatic heterocycles. The maximum atomic E-state index is 6.20. The van der Waals surface area contributed by atoms with Gasteiger partial charge in [0, 0.05) is 31.4 Å². The lowest BCUT2D eigenvalue weighted by atomic mass is 10.3. The van der Waals surface area contributed by atoms with E-state index in [0.717, 1.165) is 35.4 Å². The van der Waals surface area contributed by atoms with Gasteiger partial charge in [-0.05, 0) is 37.7 Å². The molecule has 0 N–H and O–H groups in total. The zero-order chi connectivity index (χ0) is 13.7. The number of nitrogens with zero attached hydrogens (tertiary/aromatic N) is 3. The van der Waals surface area contributed by atoms with Gasteiger partial charge >= 0.3 is 0 Å². The molecule has 0 aliphatic rings. The van der Waals surface area contributed by atoms with E-state index in [9.17, 15) is 0 Å². The van der Waals surface area contributed by atoms with Crippen LogP contribution in [-0.2, 0) is 6.54 Å². The number of pyridine rings is 1. The van der Waals surface area contributed by atoms with Crippen molar-refractivity contribution in [2.45, 2.75) is 6.54 Å². The third-order valence-electron chi connectivity index (χ3n) is 2.84. The SMILES string of the molecule is CN(C)CCN(Cc1ccsc1Cl)c1ccccn1.Cl. The molecule has 0 spiro atoms. The molecule has 2 heterocycles. The Morgan fingerprint density at radius 2 is 2.00 bits per heavy atom. The minimum absolute atomic E-state index is 0. The first-order chi connectivity index (χ1) is 9.16. The van der Waals surface area contributed by atoms with Gasteiger partial charge in [-0.3, -0.25) is 0 Å². The van der Waals surface area contributed by atoms with Gasteiger partial charge in [0.15, 0.2) is 0 Å². The Balaban J connectivity index is 0.00000200. The quantitative estimate of drug-likeness (QED) is 0.802. The standard InChI is InChI=1S/C14H18ClN3S.ClH/c1-17(2)8-9-18(13-5-3-4-7-16-13)11-12-6-10-19-14(12)15;/h3-7,10H,8-9,11H2,1-2H3;1H. The first-order valence-electron chi connectivity index (χ1n) is 6.19. The molecule has 0 unspecified atom stereocenters. The van der Waals surface area contributed by atoms with E-state index in [2.05, 4.69) is 34.9 Å². The fourth-order valence-corrected chi connectivity index (χ4v) is 2.69. The van der Waals surface area contributed by atoms with Crippen molar-refractivity contribution >= 4 is 41.2 Å². The second-order valence-electron chi connectivity index (χ2n) is 4.63. The number of halogens is 2. The first kappa shape index (κ1) is 17.2. The Kier molecular flexibility index (Phi) is 7.30. The van der Waals surface area contributed by atoms with Gasteiger partial charge in [0.1, 0.15) is 5.82 Å². The van der Waals surface area contributed by atoms with Gasteiger partial charge in [0.25, 0.3) is 0 Å². The molecule has 0 fully saturated rings. The average Bonchev–Trinajstić information content (AvgIpc) is 2.81. The fraction of sp³-hybridized carbons (Fsp3) is 0.357. The Morgan fingerprint density at radius 3 is 2.55 bits per heavy atom. The molecule has 20 heavy (non-hydrogen) atoms. The van der Waals surface area contributed by atoms with E-state index >= 15 is 0 Å². The average molecular weight is 332 g/mol. The summed E-state index contributed by atoms with van der Waals surface area (Å²) < 4.78 is 0.866. The second kappa shape index (κ2) is 8.47. The molecule has 0 aromatic carbocycles. The van der Waals surface area contributed by atoms with Crippen molar-refractivity contribution in [2.24, 2.45) is 0 Å². The highest BCUT2D eigenvalue weighted by atomic mass is 35.5. The lowest BCUT2D eigenvalue weighted by molar-refractivity contribution is 0.412. The molecule has 0 aliphatic carbocycles. The monoisotopic (exact) mass is 331 g/mol. The van der Waals surface area contributed by atoms with Gasteiger partial charge in [-0.25, -0.2) is 4.98 Å². The molecule has 0 amide bonds. The molecule has 0 radical (unpaired) electrons. The zero-order valence-corrected chi connectivity index (χ0v) is 14.0. The minimum atomic E-state index is 0. The van der Waals surface area contributed by atoms with Crippen molar-refractivity contribution in [3.8, 4) is 0 Å². The van der Waals surface area contributed by atoms with Crippen LogP contribution in [0.25, 0.3) is 0 Å². The molecule has 0 saturated carbocycles. The van der Waals surface area contributed by atoms with Crippen molar-refractivity contribution in [2.75, 3.05) is 32.1 Å². The number of likely N-dealkylation sites (N-methyl/N-ethyl adjacent to an activating group) is 1. The number of thiophene rings is 1. The van der Waals surface area contributed by atoms with Crippen LogP contribution in [0.1, 0.15) is 5.56 Å². The Morgan fingerprint density at radius 1 is 1.20 bits per heavy atom. The van der Waals surface area contributed by atoms with Gasteiger partial charge in [0.05, 0.1) is 4.34 Å². The predicted molar refractivity (Wildman–Crippen MR) is 90.4 cm³/mol. The normalized spacial score (nSPS) is 10.4. The topological polar surface area (TPSA) is 19.4 Å². The van der Waals surface area contributed by atoms with Crippen LogP contribution in [0.2, 0.25) is 4.34 Å².